The van der Waals surface area contributed by atoms with E-state index in [4.69, 9.17) is 23.2 Å². The van der Waals surface area contributed by atoms with Crippen molar-refractivity contribution >= 4 is 35.0 Å². The van der Waals surface area contributed by atoms with Crippen LogP contribution in [0.15, 0.2) is 64.3 Å². The Bertz CT molecular complexity index is 1190. The molecule has 1 aliphatic heterocycles. The van der Waals surface area contributed by atoms with Crippen LogP contribution in [0.4, 0.5) is 5.69 Å². The first kappa shape index (κ1) is 18.6. The highest BCUT2D eigenvalue weighted by atomic mass is 35.5. The second-order valence-corrected chi connectivity index (χ2v) is 7.53. The third-order valence-electron chi connectivity index (χ3n) is 5.00. The Morgan fingerprint density at radius 2 is 1.39 bits per heavy atom. The summed E-state index contributed by atoms with van der Waals surface area (Å²) < 4.78 is 2.64. The van der Waals surface area contributed by atoms with E-state index in [0.29, 0.717) is 21.3 Å². The summed E-state index contributed by atoms with van der Waals surface area (Å²) in [5.74, 6) is 0. The Hall–Kier alpha value is -2.76. The quantitative estimate of drug-likeness (QED) is 0.638. The van der Waals surface area contributed by atoms with Crippen molar-refractivity contribution in [2.75, 3.05) is 4.90 Å². The van der Waals surface area contributed by atoms with Crippen LogP contribution in [-0.4, -0.2) is 9.13 Å². The van der Waals surface area contributed by atoms with Gasteiger partial charge in [0.15, 0.2) is 0 Å². The van der Waals surface area contributed by atoms with Crippen molar-refractivity contribution in [1.29, 1.82) is 0 Å². The molecule has 0 saturated carbocycles. The second kappa shape index (κ2) is 7.00. The average Bonchev–Trinajstić information content (AvgIpc) is 2.71. The number of halogens is 2. The van der Waals surface area contributed by atoms with Crippen molar-refractivity contribution in [3.8, 4) is 0 Å². The van der Waals surface area contributed by atoms with Gasteiger partial charge in [0.25, 0.3) is 5.56 Å². The van der Waals surface area contributed by atoms with Gasteiger partial charge in [-0.1, -0.05) is 35.3 Å². The number of anilines is 1. The lowest BCUT2D eigenvalue weighted by molar-refractivity contribution is 0.638. The second-order valence-electron chi connectivity index (χ2n) is 6.66. The molecule has 0 saturated heterocycles. The monoisotopic (exact) mass is 413 g/mol. The van der Waals surface area contributed by atoms with E-state index in [-0.39, 0.29) is 11.2 Å². The Balaban J connectivity index is 2.01. The molecule has 0 fully saturated rings. The summed E-state index contributed by atoms with van der Waals surface area (Å²) in [6, 6.07) is 14.4. The van der Waals surface area contributed by atoms with E-state index in [1.807, 2.05) is 35.4 Å². The summed E-state index contributed by atoms with van der Waals surface area (Å²) in [6.45, 7) is 0. The minimum absolute atomic E-state index is 0.318. The van der Waals surface area contributed by atoms with E-state index in [9.17, 15) is 9.59 Å². The molecule has 0 spiro atoms. The molecular weight excluding hydrogens is 397 g/mol. The lowest BCUT2D eigenvalue weighted by atomic mass is 9.93. The molecule has 0 N–H and O–H groups in total. The Kier molecular flexibility index (Phi) is 4.65. The molecule has 0 aliphatic carbocycles. The minimum Gasteiger partial charge on any atom is -0.336 e. The van der Waals surface area contributed by atoms with Crippen LogP contribution in [0.5, 0.6) is 0 Å². The summed E-state index contributed by atoms with van der Waals surface area (Å²) in [6.07, 6.45) is 3.67. The Labute approximate surface area is 171 Å². The summed E-state index contributed by atoms with van der Waals surface area (Å²) >= 11 is 12.1. The summed E-state index contributed by atoms with van der Waals surface area (Å²) in [7, 11) is 3.16. The van der Waals surface area contributed by atoms with Gasteiger partial charge < -0.3 is 4.90 Å². The molecule has 142 valence electrons. The van der Waals surface area contributed by atoms with Crippen molar-refractivity contribution in [1.82, 2.24) is 9.13 Å². The fraction of sp³-hybridized carbons (Fsp3) is 0.143. The molecule has 0 bridgehead atoms. The largest absolute Gasteiger partial charge is 0.336 e. The zero-order chi connectivity index (χ0) is 20.0. The van der Waals surface area contributed by atoms with Crippen molar-refractivity contribution in [2.24, 2.45) is 14.1 Å². The number of rotatable bonds is 2. The van der Waals surface area contributed by atoms with E-state index in [1.54, 1.807) is 37.4 Å². The molecule has 4 rings (SSSR count). The standard InChI is InChI=1S/C21H17Cl2N3O2/c1-24-17-11-12-26(16-9-7-15(23)8-10-16)19(13-3-5-14(22)6-4-13)18(17)20(27)25(2)21(24)28/h3-12,19H,1-2H3. The van der Waals surface area contributed by atoms with Crippen molar-refractivity contribution < 1.29 is 0 Å². The topological polar surface area (TPSA) is 47.2 Å². The van der Waals surface area contributed by atoms with E-state index in [0.717, 1.165) is 15.8 Å². The molecule has 28 heavy (non-hydrogen) atoms. The van der Waals surface area contributed by atoms with Crippen molar-refractivity contribution in [2.45, 2.75) is 6.04 Å². The predicted octanol–water partition coefficient (Wildman–Crippen LogP) is 3.97. The molecule has 0 radical (unpaired) electrons. The van der Waals surface area contributed by atoms with Gasteiger partial charge in [-0.25, -0.2) is 4.79 Å². The molecule has 0 amide bonds. The van der Waals surface area contributed by atoms with Crippen LogP contribution < -0.4 is 16.1 Å². The molecule has 2 heterocycles. The first-order chi connectivity index (χ1) is 13.4. The smallest absolute Gasteiger partial charge is 0.330 e. The molecule has 7 heteroatoms. The van der Waals surface area contributed by atoms with Gasteiger partial charge in [0.1, 0.15) is 0 Å². The van der Waals surface area contributed by atoms with Gasteiger partial charge in [-0.05, 0) is 48.0 Å². The van der Waals surface area contributed by atoms with Crippen LogP contribution in [-0.2, 0) is 14.1 Å². The third kappa shape index (κ3) is 2.97. The summed E-state index contributed by atoms with van der Waals surface area (Å²) in [4.78, 5) is 27.5. The maximum absolute atomic E-state index is 13.1. The summed E-state index contributed by atoms with van der Waals surface area (Å²) in [5, 5.41) is 1.24. The maximum Gasteiger partial charge on any atom is 0.330 e. The van der Waals surface area contributed by atoms with E-state index < -0.39 is 6.04 Å². The number of benzene rings is 2. The van der Waals surface area contributed by atoms with Crippen LogP contribution in [0.25, 0.3) is 6.08 Å². The normalized spacial score (nSPS) is 15.6. The third-order valence-corrected chi connectivity index (χ3v) is 5.51. The fourth-order valence-electron chi connectivity index (χ4n) is 3.54. The number of hydrogen-bond donors (Lipinski definition) is 0. The molecule has 1 unspecified atom stereocenters. The molecule has 1 aliphatic rings. The highest BCUT2D eigenvalue weighted by Crippen LogP contribution is 2.37. The summed E-state index contributed by atoms with van der Waals surface area (Å²) in [5.41, 5.74) is 2.22. The highest BCUT2D eigenvalue weighted by Gasteiger charge is 2.31. The maximum atomic E-state index is 13.1. The zero-order valence-electron chi connectivity index (χ0n) is 15.3. The molecule has 2 aromatic carbocycles. The zero-order valence-corrected chi connectivity index (χ0v) is 16.8. The fourth-order valence-corrected chi connectivity index (χ4v) is 3.79. The van der Waals surface area contributed by atoms with Crippen LogP contribution in [0.3, 0.4) is 0 Å². The Morgan fingerprint density at radius 3 is 2.00 bits per heavy atom. The minimum atomic E-state index is -0.413. The van der Waals surface area contributed by atoms with Gasteiger partial charge in [0.05, 0.1) is 17.3 Å². The first-order valence-electron chi connectivity index (χ1n) is 8.66. The number of hydrogen-bond acceptors (Lipinski definition) is 3. The van der Waals surface area contributed by atoms with Crippen LogP contribution >= 0.6 is 23.2 Å². The SMILES string of the molecule is Cn1c2c(c(=O)n(C)c1=O)C(c1ccc(Cl)cc1)N(c1ccc(Cl)cc1)C=C2. The molecular formula is C21H17Cl2N3O2. The Morgan fingerprint density at radius 1 is 0.821 bits per heavy atom. The molecule has 1 aromatic heterocycles. The predicted molar refractivity (Wildman–Crippen MR) is 113 cm³/mol. The van der Waals surface area contributed by atoms with Gasteiger partial charge in [-0.3, -0.25) is 13.9 Å². The van der Waals surface area contributed by atoms with Crippen LogP contribution in [0.2, 0.25) is 10.0 Å². The van der Waals surface area contributed by atoms with E-state index in [2.05, 4.69) is 0 Å². The molecule has 5 nitrogen and oxygen atoms in total. The van der Waals surface area contributed by atoms with Crippen LogP contribution in [0, 0.1) is 0 Å². The first-order valence-corrected chi connectivity index (χ1v) is 9.41. The highest BCUT2D eigenvalue weighted by molar-refractivity contribution is 6.30. The van der Waals surface area contributed by atoms with Gasteiger partial charge in [-0.2, -0.15) is 0 Å². The number of fused-ring (bicyclic) bond motifs is 1. The van der Waals surface area contributed by atoms with Crippen molar-refractivity contribution in [3.05, 3.63) is 102 Å². The lowest BCUT2D eigenvalue weighted by Gasteiger charge is -2.35. The van der Waals surface area contributed by atoms with Gasteiger partial charge >= 0.3 is 5.69 Å². The van der Waals surface area contributed by atoms with Gasteiger partial charge in [0, 0.05) is 36.0 Å². The van der Waals surface area contributed by atoms with Crippen molar-refractivity contribution in [3.63, 3.8) is 0 Å². The number of aromatic nitrogens is 2. The van der Waals surface area contributed by atoms with Gasteiger partial charge in [-0.15, -0.1) is 0 Å². The van der Waals surface area contributed by atoms with Gasteiger partial charge in [0.2, 0.25) is 0 Å². The molecule has 1 atom stereocenters. The molecule has 3 aromatic rings. The average molecular weight is 414 g/mol. The lowest BCUT2D eigenvalue weighted by Crippen LogP contribution is -2.44. The number of nitrogens with zero attached hydrogens (tertiary/aromatic N) is 3. The van der Waals surface area contributed by atoms with Crippen LogP contribution in [0.1, 0.15) is 22.9 Å². The van der Waals surface area contributed by atoms with E-state index in [1.165, 1.54) is 11.6 Å². The van der Waals surface area contributed by atoms with E-state index >= 15 is 0 Å².